The third-order valence-electron chi connectivity index (χ3n) is 2.27. The minimum absolute atomic E-state index is 0.0904. The lowest BCUT2D eigenvalue weighted by molar-refractivity contribution is 0.547. The summed E-state index contributed by atoms with van der Waals surface area (Å²) < 4.78 is 6.96. The van der Waals surface area contributed by atoms with E-state index in [0.717, 1.165) is 0 Å². The minimum atomic E-state index is -0.0904. The number of fused-ring (bicyclic) bond motifs is 1. The standard InChI is InChI=1S/C11H7N3O2/c15-9-5-11(14-7-12-6-13-14)16-10-4-2-1-3-8(9)10/h1-7H. The van der Waals surface area contributed by atoms with Gasteiger partial charge in [0.05, 0.1) is 5.39 Å². The van der Waals surface area contributed by atoms with Crippen molar-refractivity contribution >= 4 is 11.0 Å². The molecule has 16 heavy (non-hydrogen) atoms. The van der Waals surface area contributed by atoms with E-state index in [2.05, 4.69) is 10.1 Å². The molecule has 0 aliphatic heterocycles. The number of para-hydroxylation sites is 1. The maximum atomic E-state index is 11.8. The SMILES string of the molecule is O=c1cc(-n2cncn2)oc2ccccc12. The molecule has 3 aromatic rings. The van der Waals surface area contributed by atoms with Crippen LogP contribution in [0.2, 0.25) is 0 Å². The maximum Gasteiger partial charge on any atom is 0.225 e. The van der Waals surface area contributed by atoms with Crippen LogP contribution < -0.4 is 5.43 Å². The van der Waals surface area contributed by atoms with Crippen molar-refractivity contribution in [3.63, 3.8) is 0 Å². The van der Waals surface area contributed by atoms with Crippen molar-refractivity contribution in [2.45, 2.75) is 0 Å². The van der Waals surface area contributed by atoms with Gasteiger partial charge in [0.1, 0.15) is 18.2 Å². The van der Waals surface area contributed by atoms with Crippen molar-refractivity contribution in [2.24, 2.45) is 0 Å². The summed E-state index contributed by atoms with van der Waals surface area (Å²) in [6, 6.07) is 8.49. The van der Waals surface area contributed by atoms with Crippen molar-refractivity contribution in [1.82, 2.24) is 14.8 Å². The van der Waals surface area contributed by atoms with E-state index in [1.54, 1.807) is 18.2 Å². The van der Waals surface area contributed by atoms with Crippen LogP contribution >= 0.6 is 0 Å². The monoisotopic (exact) mass is 213 g/mol. The third kappa shape index (κ3) is 1.30. The molecule has 2 aromatic heterocycles. The Kier molecular flexibility index (Phi) is 1.83. The molecule has 0 saturated heterocycles. The Morgan fingerprint density at radius 3 is 2.94 bits per heavy atom. The number of aromatic nitrogens is 3. The van der Waals surface area contributed by atoms with Gasteiger partial charge in [0, 0.05) is 6.07 Å². The fraction of sp³-hybridized carbons (Fsp3) is 0. The topological polar surface area (TPSA) is 60.9 Å². The zero-order chi connectivity index (χ0) is 11.0. The second-order valence-corrected chi connectivity index (χ2v) is 3.29. The van der Waals surface area contributed by atoms with Gasteiger partial charge in [0.2, 0.25) is 5.88 Å². The van der Waals surface area contributed by atoms with Crippen LogP contribution in [0, 0.1) is 0 Å². The fourth-order valence-electron chi connectivity index (χ4n) is 1.53. The Morgan fingerprint density at radius 2 is 2.12 bits per heavy atom. The Hall–Kier alpha value is -2.43. The average Bonchev–Trinajstić information content (AvgIpc) is 2.82. The van der Waals surface area contributed by atoms with Gasteiger partial charge in [-0.2, -0.15) is 9.78 Å². The molecule has 0 N–H and O–H groups in total. The minimum Gasteiger partial charge on any atom is -0.438 e. The summed E-state index contributed by atoms with van der Waals surface area (Å²) in [6.45, 7) is 0. The molecule has 0 unspecified atom stereocenters. The third-order valence-corrected chi connectivity index (χ3v) is 2.27. The van der Waals surface area contributed by atoms with Crippen molar-refractivity contribution in [1.29, 1.82) is 0 Å². The summed E-state index contributed by atoms with van der Waals surface area (Å²) in [7, 11) is 0. The van der Waals surface area contributed by atoms with Gasteiger partial charge in [-0.1, -0.05) is 12.1 Å². The first-order valence-electron chi connectivity index (χ1n) is 4.72. The Balaban J connectivity index is 2.34. The Morgan fingerprint density at radius 1 is 1.25 bits per heavy atom. The van der Waals surface area contributed by atoms with E-state index in [1.807, 2.05) is 6.07 Å². The van der Waals surface area contributed by atoms with Crippen LogP contribution in [0.5, 0.6) is 0 Å². The van der Waals surface area contributed by atoms with E-state index < -0.39 is 0 Å². The number of nitrogens with zero attached hydrogens (tertiary/aromatic N) is 3. The summed E-state index contributed by atoms with van der Waals surface area (Å²) in [5, 5.41) is 4.47. The molecular formula is C11H7N3O2. The van der Waals surface area contributed by atoms with E-state index >= 15 is 0 Å². The van der Waals surface area contributed by atoms with Crippen molar-refractivity contribution in [3.05, 3.63) is 53.2 Å². The predicted octanol–water partition coefficient (Wildman–Crippen LogP) is 1.37. The lowest BCUT2D eigenvalue weighted by Gasteiger charge is -2.00. The van der Waals surface area contributed by atoms with Gasteiger partial charge in [-0.05, 0) is 12.1 Å². The fourth-order valence-corrected chi connectivity index (χ4v) is 1.53. The first-order chi connectivity index (χ1) is 7.84. The molecule has 0 amide bonds. The van der Waals surface area contributed by atoms with Crippen LogP contribution in [-0.4, -0.2) is 14.8 Å². The molecule has 0 aliphatic carbocycles. The van der Waals surface area contributed by atoms with Gasteiger partial charge >= 0.3 is 0 Å². The molecule has 1 aromatic carbocycles. The number of rotatable bonds is 1. The zero-order valence-electron chi connectivity index (χ0n) is 8.20. The van der Waals surface area contributed by atoms with Gasteiger partial charge in [0.15, 0.2) is 5.43 Å². The molecule has 3 rings (SSSR count). The highest BCUT2D eigenvalue weighted by molar-refractivity contribution is 5.76. The quantitative estimate of drug-likeness (QED) is 0.612. The second kappa shape index (κ2) is 3.30. The highest BCUT2D eigenvalue weighted by Gasteiger charge is 2.05. The van der Waals surface area contributed by atoms with Gasteiger partial charge in [-0.15, -0.1) is 0 Å². The van der Waals surface area contributed by atoms with E-state index in [1.165, 1.54) is 23.4 Å². The second-order valence-electron chi connectivity index (χ2n) is 3.29. The summed E-state index contributed by atoms with van der Waals surface area (Å²) in [5.41, 5.74) is 0.452. The molecule has 2 heterocycles. The average molecular weight is 213 g/mol. The largest absolute Gasteiger partial charge is 0.438 e. The highest BCUT2D eigenvalue weighted by atomic mass is 16.4. The molecule has 0 fully saturated rings. The molecule has 5 heteroatoms. The van der Waals surface area contributed by atoms with E-state index in [4.69, 9.17) is 4.42 Å². The summed E-state index contributed by atoms with van der Waals surface area (Å²) in [5.74, 6) is 0.362. The zero-order valence-corrected chi connectivity index (χ0v) is 8.20. The molecule has 0 bridgehead atoms. The van der Waals surface area contributed by atoms with Crippen LogP contribution in [0.25, 0.3) is 16.9 Å². The first-order valence-corrected chi connectivity index (χ1v) is 4.72. The van der Waals surface area contributed by atoms with Crippen molar-refractivity contribution < 1.29 is 4.42 Å². The molecular weight excluding hydrogens is 206 g/mol. The normalized spacial score (nSPS) is 10.8. The molecule has 0 radical (unpaired) electrons. The lowest BCUT2D eigenvalue weighted by Crippen LogP contribution is -2.04. The van der Waals surface area contributed by atoms with Crippen LogP contribution in [0.1, 0.15) is 0 Å². The number of hydrogen-bond acceptors (Lipinski definition) is 4. The summed E-state index contributed by atoms with van der Waals surface area (Å²) in [4.78, 5) is 15.6. The van der Waals surface area contributed by atoms with Gasteiger partial charge in [-0.25, -0.2) is 4.98 Å². The Labute approximate surface area is 90.0 Å². The first kappa shape index (κ1) is 8.84. The van der Waals surface area contributed by atoms with Crippen molar-refractivity contribution in [3.8, 4) is 5.88 Å². The lowest BCUT2D eigenvalue weighted by atomic mass is 10.2. The molecule has 0 saturated carbocycles. The summed E-state index contributed by atoms with van der Waals surface area (Å²) >= 11 is 0. The van der Waals surface area contributed by atoms with Gasteiger partial charge in [0.25, 0.3) is 0 Å². The highest BCUT2D eigenvalue weighted by Crippen LogP contribution is 2.13. The molecule has 0 atom stereocenters. The Bertz CT molecular complexity index is 686. The maximum absolute atomic E-state index is 11.8. The van der Waals surface area contributed by atoms with Crippen LogP contribution in [-0.2, 0) is 0 Å². The van der Waals surface area contributed by atoms with Crippen LogP contribution in [0.15, 0.2) is 52.2 Å². The molecule has 5 nitrogen and oxygen atoms in total. The summed E-state index contributed by atoms with van der Waals surface area (Å²) in [6.07, 6.45) is 2.86. The molecule has 0 aliphatic rings. The van der Waals surface area contributed by atoms with Gasteiger partial charge in [-0.3, -0.25) is 4.79 Å². The van der Waals surface area contributed by atoms with E-state index in [9.17, 15) is 4.79 Å². The smallest absolute Gasteiger partial charge is 0.225 e. The van der Waals surface area contributed by atoms with Crippen molar-refractivity contribution in [2.75, 3.05) is 0 Å². The van der Waals surface area contributed by atoms with Crippen LogP contribution in [0.3, 0.4) is 0 Å². The predicted molar refractivity (Wildman–Crippen MR) is 57.4 cm³/mol. The molecule has 0 spiro atoms. The number of benzene rings is 1. The van der Waals surface area contributed by atoms with E-state index in [0.29, 0.717) is 16.9 Å². The van der Waals surface area contributed by atoms with Crippen LogP contribution in [0.4, 0.5) is 0 Å². The van der Waals surface area contributed by atoms with E-state index in [-0.39, 0.29) is 5.43 Å². The van der Waals surface area contributed by atoms with Gasteiger partial charge < -0.3 is 4.42 Å². The number of hydrogen-bond donors (Lipinski definition) is 0. The molecule has 78 valence electrons.